The second kappa shape index (κ2) is 9.47. The van der Waals surface area contributed by atoms with Crippen LogP contribution in [0.15, 0.2) is 0 Å². The van der Waals surface area contributed by atoms with Gasteiger partial charge in [0.1, 0.15) is 0 Å². The zero-order chi connectivity index (χ0) is 10.8. The van der Waals surface area contributed by atoms with Crippen molar-refractivity contribution in [3.8, 4) is 0 Å². The number of nitrogens with one attached hydrogen (secondary N) is 1. The summed E-state index contributed by atoms with van der Waals surface area (Å²) in [5.74, 6) is 0.776. The fourth-order valence-corrected chi connectivity index (χ4v) is 1.54. The maximum Gasteiger partial charge on any atom is 0.0462 e. The second-order valence-electron chi connectivity index (χ2n) is 4.21. The van der Waals surface area contributed by atoms with Crippen LogP contribution < -0.4 is 5.32 Å². The minimum atomic E-state index is 0.650. The summed E-state index contributed by atoms with van der Waals surface area (Å²) >= 11 is 0. The Labute approximate surface area is 89.4 Å². The number of hydrogen-bond donors (Lipinski definition) is 1. The van der Waals surface area contributed by atoms with Gasteiger partial charge in [0, 0.05) is 19.8 Å². The van der Waals surface area contributed by atoms with Crippen LogP contribution in [0.5, 0.6) is 0 Å². The second-order valence-corrected chi connectivity index (χ2v) is 4.21. The molecule has 0 amide bonds. The molecule has 2 atom stereocenters. The van der Waals surface area contributed by atoms with Crippen LogP contribution in [0.1, 0.15) is 46.5 Å². The summed E-state index contributed by atoms with van der Waals surface area (Å²) in [4.78, 5) is 0. The van der Waals surface area contributed by atoms with Crippen molar-refractivity contribution in [1.82, 2.24) is 5.32 Å². The van der Waals surface area contributed by atoms with Crippen molar-refractivity contribution in [3.05, 3.63) is 0 Å². The van der Waals surface area contributed by atoms with Crippen LogP contribution in [-0.4, -0.2) is 26.3 Å². The lowest BCUT2D eigenvalue weighted by Gasteiger charge is -2.20. The molecule has 2 unspecified atom stereocenters. The molecule has 2 heteroatoms. The summed E-state index contributed by atoms with van der Waals surface area (Å²) in [6, 6.07) is 0.650. The van der Waals surface area contributed by atoms with Crippen molar-refractivity contribution in [2.24, 2.45) is 5.92 Å². The Morgan fingerprint density at radius 3 is 2.50 bits per heavy atom. The van der Waals surface area contributed by atoms with E-state index in [0.29, 0.717) is 6.04 Å². The van der Waals surface area contributed by atoms with Gasteiger partial charge in [0.25, 0.3) is 0 Å². The summed E-state index contributed by atoms with van der Waals surface area (Å²) in [6.07, 6.45) is 5.01. The third kappa shape index (κ3) is 7.34. The number of hydrogen-bond acceptors (Lipinski definition) is 2. The van der Waals surface area contributed by atoms with Gasteiger partial charge in [0.2, 0.25) is 0 Å². The number of ether oxygens (including phenoxy) is 1. The monoisotopic (exact) mass is 201 g/mol. The van der Waals surface area contributed by atoms with Gasteiger partial charge in [-0.05, 0) is 38.6 Å². The van der Waals surface area contributed by atoms with Gasteiger partial charge in [0.05, 0.1) is 0 Å². The molecule has 0 aromatic carbocycles. The molecule has 1 N–H and O–H groups in total. The van der Waals surface area contributed by atoms with E-state index in [2.05, 4.69) is 26.1 Å². The maximum atomic E-state index is 5.03. The molecule has 2 nitrogen and oxygen atoms in total. The third-order valence-electron chi connectivity index (χ3n) is 2.83. The highest BCUT2D eigenvalue weighted by Gasteiger charge is 2.10. The first kappa shape index (κ1) is 13.9. The molecule has 0 bridgehead atoms. The van der Waals surface area contributed by atoms with Crippen molar-refractivity contribution in [3.63, 3.8) is 0 Å². The van der Waals surface area contributed by atoms with Crippen molar-refractivity contribution in [2.45, 2.75) is 52.5 Å². The van der Waals surface area contributed by atoms with Crippen LogP contribution in [-0.2, 0) is 4.74 Å². The molecule has 86 valence electrons. The smallest absolute Gasteiger partial charge is 0.0462 e. The molecule has 0 heterocycles. The van der Waals surface area contributed by atoms with Crippen LogP contribution in [0.25, 0.3) is 0 Å². The zero-order valence-electron chi connectivity index (χ0n) is 10.3. The van der Waals surface area contributed by atoms with Crippen LogP contribution >= 0.6 is 0 Å². The highest BCUT2D eigenvalue weighted by Crippen LogP contribution is 2.12. The fourth-order valence-electron chi connectivity index (χ4n) is 1.54. The SMILES string of the molecule is CCCNC(C)C(C)CCCCOC. The van der Waals surface area contributed by atoms with Gasteiger partial charge in [-0.1, -0.05) is 20.3 Å². The average molecular weight is 201 g/mol. The maximum absolute atomic E-state index is 5.03. The molecule has 14 heavy (non-hydrogen) atoms. The van der Waals surface area contributed by atoms with Gasteiger partial charge in [-0.25, -0.2) is 0 Å². The van der Waals surface area contributed by atoms with Crippen LogP contribution in [0.3, 0.4) is 0 Å². The lowest BCUT2D eigenvalue weighted by Crippen LogP contribution is -2.32. The van der Waals surface area contributed by atoms with Crippen LogP contribution in [0.2, 0.25) is 0 Å². The number of rotatable bonds is 9. The Hall–Kier alpha value is -0.0800. The summed E-state index contributed by atoms with van der Waals surface area (Å²) in [5, 5.41) is 3.54. The first-order valence-corrected chi connectivity index (χ1v) is 5.94. The molecule has 0 saturated heterocycles. The minimum Gasteiger partial charge on any atom is -0.385 e. The number of methoxy groups -OCH3 is 1. The molecular weight excluding hydrogens is 174 g/mol. The highest BCUT2D eigenvalue weighted by molar-refractivity contribution is 4.67. The topological polar surface area (TPSA) is 21.3 Å². The Kier molecular flexibility index (Phi) is 9.42. The quantitative estimate of drug-likeness (QED) is 0.579. The highest BCUT2D eigenvalue weighted by atomic mass is 16.5. The van der Waals surface area contributed by atoms with E-state index < -0.39 is 0 Å². The van der Waals surface area contributed by atoms with Crippen molar-refractivity contribution < 1.29 is 4.74 Å². The van der Waals surface area contributed by atoms with Crippen LogP contribution in [0, 0.1) is 5.92 Å². The van der Waals surface area contributed by atoms with E-state index in [4.69, 9.17) is 4.74 Å². The Bertz CT molecular complexity index is 117. The third-order valence-corrected chi connectivity index (χ3v) is 2.83. The van der Waals surface area contributed by atoms with Gasteiger partial charge in [-0.15, -0.1) is 0 Å². The Morgan fingerprint density at radius 1 is 1.21 bits per heavy atom. The molecular formula is C12H27NO. The molecule has 0 aromatic rings. The predicted octanol–water partition coefficient (Wildman–Crippen LogP) is 2.83. The standard InChI is InChI=1S/C12H27NO/c1-5-9-13-12(3)11(2)8-6-7-10-14-4/h11-13H,5-10H2,1-4H3. The van der Waals surface area contributed by atoms with Crippen molar-refractivity contribution in [2.75, 3.05) is 20.3 Å². The molecule has 0 aliphatic carbocycles. The van der Waals surface area contributed by atoms with E-state index in [1.165, 1.54) is 25.7 Å². The molecule has 0 radical (unpaired) electrons. The summed E-state index contributed by atoms with van der Waals surface area (Å²) < 4.78 is 5.03. The Morgan fingerprint density at radius 2 is 1.93 bits per heavy atom. The molecule has 0 aliphatic heterocycles. The lowest BCUT2D eigenvalue weighted by atomic mass is 9.97. The molecule has 0 aromatic heterocycles. The molecule has 0 saturated carbocycles. The van der Waals surface area contributed by atoms with E-state index in [9.17, 15) is 0 Å². The number of unbranched alkanes of at least 4 members (excludes halogenated alkanes) is 1. The largest absolute Gasteiger partial charge is 0.385 e. The molecule has 0 aliphatic rings. The molecule has 0 spiro atoms. The van der Waals surface area contributed by atoms with Crippen LogP contribution in [0.4, 0.5) is 0 Å². The summed E-state index contributed by atoms with van der Waals surface area (Å²) in [5.41, 5.74) is 0. The van der Waals surface area contributed by atoms with E-state index in [1.54, 1.807) is 7.11 Å². The van der Waals surface area contributed by atoms with E-state index in [0.717, 1.165) is 19.1 Å². The molecule has 0 rings (SSSR count). The Balaban J connectivity index is 3.36. The zero-order valence-corrected chi connectivity index (χ0v) is 10.3. The van der Waals surface area contributed by atoms with E-state index in [-0.39, 0.29) is 0 Å². The van der Waals surface area contributed by atoms with Gasteiger partial charge < -0.3 is 10.1 Å². The van der Waals surface area contributed by atoms with Gasteiger partial charge in [-0.3, -0.25) is 0 Å². The van der Waals surface area contributed by atoms with Crippen molar-refractivity contribution >= 4 is 0 Å². The van der Waals surface area contributed by atoms with E-state index >= 15 is 0 Å². The predicted molar refractivity (Wildman–Crippen MR) is 62.6 cm³/mol. The summed E-state index contributed by atoms with van der Waals surface area (Å²) in [7, 11) is 1.77. The van der Waals surface area contributed by atoms with Gasteiger partial charge >= 0.3 is 0 Å². The van der Waals surface area contributed by atoms with Crippen molar-refractivity contribution in [1.29, 1.82) is 0 Å². The summed E-state index contributed by atoms with van der Waals surface area (Å²) in [6.45, 7) is 8.88. The normalized spacial score (nSPS) is 15.4. The van der Waals surface area contributed by atoms with Gasteiger partial charge in [-0.2, -0.15) is 0 Å². The first-order chi connectivity index (χ1) is 6.72. The van der Waals surface area contributed by atoms with E-state index in [1.807, 2.05) is 0 Å². The first-order valence-electron chi connectivity index (χ1n) is 5.94. The molecule has 0 fully saturated rings. The lowest BCUT2D eigenvalue weighted by molar-refractivity contribution is 0.189. The average Bonchev–Trinajstić information content (AvgIpc) is 2.20. The van der Waals surface area contributed by atoms with Gasteiger partial charge in [0.15, 0.2) is 0 Å². The minimum absolute atomic E-state index is 0.650. The fraction of sp³-hybridized carbons (Fsp3) is 1.00.